The highest BCUT2D eigenvalue weighted by atomic mass is 16.5. The lowest BCUT2D eigenvalue weighted by Crippen LogP contribution is -2.32. The maximum atomic E-state index is 13.2. The summed E-state index contributed by atoms with van der Waals surface area (Å²) in [5.41, 5.74) is 2.34. The number of para-hydroxylation sites is 1. The van der Waals surface area contributed by atoms with Crippen LogP contribution in [-0.4, -0.2) is 53.8 Å². The molecule has 180 valence electrons. The van der Waals surface area contributed by atoms with Crippen molar-refractivity contribution >= 4 is 17.4 Å². The number of hydrogen-bond donors (Lipinski definition) is 1. The van der Waals surface area contributed by atoms with Gasteiger partial charge in [-0.1, -0.05) is 60.2 Å². The van der Waals surface area contributed by atoms with Gasteiger partial charge >= 0.3 is 0 Å². The first-order valence-corrected chi connectivity index (χ1v) is 11.7. The van der Waals surface area contributed by atoms with Crippen molar-refractivity contribution in [3.8, 4) is 11.5 Å². The van der Waals surface area contributed by atoms with Gasteiger partial charge in [0, 0.05) is 12.1 Å². The van der Waals surface area contributed by atoms with Crippen LogP contribution in [0.4, 0.5) is 0 Å². The molecule has 6 heteroatoms. The van der Waals surface area contributed by atoms with Crippen molar-refractivity contribution in [3.05, 3.63) is 101 Å². The molecule has 1 N–H and O–H groups in total. The number of carbonyl (C=O) groups excluding carboxylic acids is 2. The molecule has 1 amide bonds. The molecule has 0 aromatic heterocycles. The van der Waals surface area contributed by atoms with Crippen LogP contribution in [0.1, 0.15) is 29.2 Å². The molecule has 1 aliphatic heterocycles. The number of nitrogens with zero attached hydrogens (tertiary/aromatic N) is 2. The highest BCUT2D eigenvalue weighted by Gasteiger charge is 2.45. The molecule has 1 unspecified atom stereocenters. The third kappa shape index (κ3) is 5.44. The molecule has 0 bridgehead atoms. The summed E-state index contributed by atoms with van der Waals surface area (Å²) in [6.07, 6.45) is 0.696. The molecule has 1 atom stereocenters. The minimum absolute atomic E-state index is 0.0977. The molecule has 1 heterocycles. The summed E-state index contributed by atoms with van der Waals surface area (Å²) in [5.74, 6) is -0.172. The largest absolute Gasteiger partial charge is 0.507 e. The molecule has 4 rings (SSSR count). The summed E-state index contributed by atoms with van der Waals surface area (Å²) < 4.78 is 6.00. The minimum atomic E-state index is -0.710. The Labute approximate surface area is 206 Å². The van der Waals surface area contributed by atoms with Crippen molar-refractivity contribution in [1.82, 2.24) is 9.80 Å². The second-order valence-corrected chi connectivity index (χ2v) is 9.00. The number of Topliss-reactive ketones (excluding diaryl/α,β-unsaturated/α-hetero) is 1. The van der Waals surface area contributed by atoms with Crippen molar-refractivity contribution in [2.75, 3.05) is 27.2 Å². The summed E-state index contributed by atoms with van der Waals surface area (Å²) in [5, 5.41) is 11.2. The van der Waals surface area contributed by atoms with Gasteiger partial charge in [-0.25, -0.2) is 0 Å². The normalized spacial score (nSPS) is 17.3. The van der Waals surface area contributed by atoms with E-state index in [1.54, 1.807) is 17.0 Å². The number of aryl methyl sites for hydroxylation is 1. The topological polar surface area (TPSA) is 70.1 Å². The molecule has 1 saturated heterocycles. The van der Waals surface area contributed by atoms with Gasteiger partial charge in [-0.3, -0.25) is 9.59 Å². The predicted molar refractivity (Wildman–Crippen MR) is 136 cm³/mol. The standard InChI is InChI=1S/C29H30N2O4/c1-20-13-15-21(16-14-20)27(32)25-26(31(29(34)28(25)33)18-8-17-30(2)3)22-9-7-12-24(19-22)35-23-10-5-4-6-11-23/h4-7,9-16,19,26,32H,8,17-18H2,1-3H3/b27-25-. The first-order chi connectivity index (χ1) is 16.8. The maximum absolute atomic E-state index is 13.2. The van der Waals surface area contributed by atoms with Crippen LogP contribution in [0.15, 0.2) is 84.4 Å². The van der Waals surface area contributed by atoms with Crippen LogP contribution in [-0.2, 0) is 9.59 Å². The fourth-order valence-corrected chi connectivity index (χ4v) is 4.25. The fourth-order valence-electron chi connectivity index (χ4n) is 4.25. The van der Waals surface area contributed by atoms with Gasteiger partial charge in [-0.05, 0) is 63.8 Å². The first-order valence-electron chi connectivity index (χ1n) is 11.7. The summed E-state index contributed by atoms with van der Waals surface area (Å²) in [4.78, 5) is 29.9. The van der Waals surface area contributed by atoms with E-state index in [1.807, 2.05) is 92.6 Å². The van der Waals surface area contributed by atoms with E-state index in [0.717, 1.165) is 12.1 Å². The zero-order chi connectivity index (χ0) is 24.9. The fraction of sp³-hybridized carbons (Fsp3) is 0.241. The van der Waals surface area contributed by atoms with Gasteiger partial charge in [0.1, 0.15) is 17.3 Å². The molecule has 1 fully saturated rings. The minimum Gasteiger partial charge on any atom is -0.507 e. The first kappa shape index (κ1) is 24.2. The third-order valence-electron chi connectivity index (χ3n) is 6.02. The van der Waals surface area contributed by atoms with Crippen molar-refractivity contribution in [2.45, 2.75) is 19.4 Å². The van der Waals surface area contributed by atoms with Crippen molar-refractivity contribution in [3.63, 3.8) is 0 Å². The van der Waals surface area contributed by atoms with Crippen LogP contribution in [0.3, 0.4) is 0 Å². The van der Waals surface area contributed by atoms with E-state index in [1.165, 1.54) is 0 Å². The Morgan fingerprint density at radius 3 is 2.31 bits per heavy atom. The molecule has 0 spiro atoms. The molecule has 3 aromatic rings. The summed E-state index contributed by atoms with van der Waals surface area (Å²) in [6, 6.07) is 23.3. The Morgan fingerprint density at radius 1 is 0.943 bits per heavy atom. The number of amides is 1. The van der Waals surface area contributed by atoms with Crippen LogP contribution in [0.5, 0.6) is 11.5 Å². The van der Waals surface area contributed by atoms with Crippen LogP contribution in [0.25, 0.3) is 5.76 Å². The molecule has 35 heavy (non-hydrogen) atoms. The SMILES string of the molecule is Cc1ccc(/C(O)=C2/C(=O)C(=O)N(CCCN(C)C)C2c2cccc(Oc3ccccc3)c2)cc1. The quantitative estimate of drug-likeness (QED) is 0.280. The number of benzene rings is 3. The van der Waals surface area contributed by atoms with E-state index in [0.29, 0.717) is 35.6 Å². The highest BCUT2D eigenvalue weighted by Crippen LogP contribution is 2.40. The van der Waals surface area contributed by atoms with Gasteiger partial charge in [0.15, 0.2) is 0 Å². The molecular formula is C29H30N2O4. The zero-order valence-electron chi connectivity index (χ0n) is 20.3. The Bertz CT molecular complexity index is 1230. The van der Waals surface area contributed by atoms with Crippen LogP contribution >= 0.6 is 0 Å². The smallest absolute Gasteiger partial charge is 0.295 e. The molecule has 0 radical (unpaired) electrons. The second-order valence-electron chi connectivity index (χ2n) is 9.00. The monoisotopic (exact) mass is 470 g/mol. The van der Waals surface area contributed by atoms with Crippen LogP contribution in [0.2, 0.25) is 0 Å². The van der Waals surface area contributed by atoms with E-state index >= 15 is 0 Å². The van der Waals surface area contributed by atoms with Crippen LogP contribution < -0.4 is 4.74 Å². The Balaban J connectivity index is 1.77. The zero-order valence-corrected chi connectivity index (χ0v) is 20.3. The third-order valence-corrected chi connectivity index (χ3v) is 6.02. The van der Waals surface area contributed by atoms with Crippen molar-refractivity contribution in [2.24, 2.45) is 0 Å². The Kier molecular flexibility index (Phi) is 7.32. The van der Waals surface area contributed by atoms with Gasteiger partial charge in [-0.15, -0.1) is 0 Å². The summed E-state index contributed by atoms with van der Waals surface area (Å²) in [7, 11) is 3.93. The number of carbonyl (C=O) groups is 2. The van der Waals surface area contributed by atoms with Gasteiger partial charge in [-0.2, -0.15) is 0 Å². The van der Waals surface area contributed by atoms with Gasteiger partial charge < -0.3 is 19.6 Å². The Morgan fingerprint density at radius 2 is 1.63 bits per heavy atom. The average Bonchev–Trinajstić information content (AvgIpc) is 3.10. The molecule has 1 aliphatic rings. The summed E-state index contributed by atoms with van der Waals surface area (Å²) in [6.45, 7) is 3.11. The number of aliphatic hydroxyl groups is 1. The number of likely N-dealkylation sites (tertiary alicyclic amines) is 1. The van der Waals surface area contributed by atoms with E-state index in [2.05, 4.69) is 0 Å². The molecule has 0 saturated carbocycles. The van der Waals surface area contributed by atoms with Gasteiger partial charge in [0.25, 0.3) is 11.7 Å². The molecule has 3 aromatic carbocycles. The lowest BCUT2D eigenvalue weighted by Gasteiger charge is -2.26. The van der Waals surface area contributed by atoms with E-state index in [9.17, 15) is 14.7 Å². The number of rotatable bonds is 8. The number of aliphatic hydroxyl groups excluding tert-OH is 1. The number of ketones is 1. The highest BCUT2D eigenvalue weighted by molar-refractivity contribution is 6.46. The average molecular weight is 471 g/mol. The predicted octanol–water partition coefficient (Wildman–Crippen LogP) is 5.16. The molecular weight excluding hydrogens is 440 g/mol. The summed E-state index contributed by atoms with van der Waals surface area (Å²) >= 11 is 0. The second kappa shape index (κ2) is 10.6. The van der Waals surface area contributed by atoms with Crippen LogP contribution in [0, 0.1) is 6.92 Å². The lowest BCUT2D eigenvalue weighted by atomic mass is 9.95. The number of ether oxygens (including phenoxy) is 1. The Hall–Kier alpha value is -3.90. The van der Waals surface area contributed by atoms with E-state index in [-0.39, 0.29) is 11.3 Å². The number of hydrogen-bond acceptors (Lipinski definition) is 5. The maximum Gasteiger partial charge on any atom is 0.295 e. The van der Waals surface area contributed by atoms with Gasteiger partial charge in [0.2, 0.25) is 0 Å². The van der Waals surface area contributed by atoms with E-state index < -0.39 is 17.7 Å². The van der Waals surface area contributed by atoms with Gasteiger partial charge in [0.05, 0.1) is 11.6 Å². The molecule has 6 nitrogen and oxygen atoms in total. The van der Waals surface area contributed by atoms with Crippen molar-refractivity contribution in [1.29, 1.82) is 0 Å². The van der Waals surface area contributed by atoms with E-state index in [4.69, 9.17) is 4.74 Å². The lowest BCUT2D eigenvalue weighted by molar-refractivity contribution is -0.139. The molecule has 0 aliphatic carbocycles. The van der Waals surface area contributed by atoms with Crippen molar-refractivity contribution < 1.29 is 19.4 Å².